The summed E-state index contributed by atoms with van der Waals surface area (Å²) >= 11 is 0. The number of hydrogen-bond acceptors (Lipinski definition) is 12. The number of carbonyl (C=O) groups excluding carboxylic acids is 2. The number of likely N-dealkylation sites (N-methyl/N-ethyl adjacent to an activating group) is 2. The number of imide groups is 1. The normalized spacial score (nSPS) is 13.8. The van der Waals surface area contributed by atoms with Crippen molar-refractivity contribution >= 4 is 50.0 Å². The Bertz CT molecular complexity index is 2540. The van der Waals surface area contributed by atoms with Crippen LogP contribution in [0.4, 0.5) is 31.2 Å². The average molecular weight is 897 g/mol. The predicted molar refractivity (Wildman–Crippen MR) is 250 cm³/mol. The third-order valence-electron chi connectivity index (χ3n) is 10.6. The Labute approximate surface area is 376 Å². The summed E-state index contributed by atoms with van der Waals surface area (Å²) in [6.45, 7) is 12.3. The van der Waals surface area contributed by atoms with E-state index in [4.69, 9.17) is 19.9 Å². The number of nitrogens with one attached hydrogen (secondary N) is 1. The number of pyridine rings is 1. The van der Waals surface area contributed by atoms with Crippen LogP contribution in [0.25, 0.3) is 10.8 Å². The molecule has 1 saturated carbocycles. The second-order valence-corrected chi connectivity index (χ2v) is 20.8. The van der Waals surface area contributed by atoms with Crippen molar-refractivity contribution in [2.75, 3.05) is 50.2 Å². The number of halogens is 1. The Morgan fingerprint density at radius 1 is 0.844 bits per heavy atom. The lowest BCUT2D eigenvalue weighted by molar-refractivity contribution is 0.0429. The number of benzene rings is 4. The maximum atomic E-state index is 15.9. The Kier molecular flexibility index (Phi) is 14.6. The molecule has 13 nitrogen and oxygen atoms in total. The van der Waals surface area contributed by atoms with Gasteiger partial charge < -0.3 is 30.2 Å². The van der Waals surface area contributed by atoms with E-state index in [1.54, 1.807) is 85.1 Å². The second kappa shape index (κ2) is 19.5. The van der Waals surface area contributed by atoms with Gasteiger partial charge >= 0.3 is 12.2 Å². The van der Waals surface area contributed by atoms with Gasteiger partial charge in [-0.1, -0.05) is 36.4 Å². The maximum absolute atomic E-state index is 15.9. The first-order valence-electron chi connectivity index (χ1n) is 21.4. The molecular formula is C49H61FN6O7S. The standard InChI is InChI=1S/C49H61FN6O7S/c1-48(2,3)62-46(57)56(47(58)63-49(4,5)6)45-40-21-16-37(27-41(40)42(50)28-52-45)53-43(31-55(8)30-35-26-36(51)15-22-44(35)64(59,60)39-19-20-39)34-12-10-11-32(25-34)23-24-54(7)29-33-13-17-38(61-9)18-14-33/h10-18,21-22,25-28,39,43,53H,19-20,23-24,29-31,51H2,1-9H3. The number of anilines is 3. The first-order valence-corrected chi connectivity index (χ1v) is 23.0. The molecule has 0 saturated heterocycles. The van der Waals surface area contributed by atoms with Crippen LogP contribution >= 0.6 is 0 Å². The highest BCUT2D eigenvalue weighted by Crippen LogP contribution is 2.37. The minimum absolute atomic E-state index is 0.0996. The van der Waals surface area contributed by atoms with E-state index < -0.39 is 39.0 Å². The molecule has 342 valence electrons. The number of sulfone groups is 1. The zero-order valence-electron chi connectivity index (χ0n) is 38.3. The van der Waals surface area contributed by atoms with Crippen LogP contribution in [-0.2, 0) is 38.8 Å². The SMILES string of the molecule is COc1ccc(CN(C)CCc2cccc(C(CN(C)Cc3cc(N)ccc3S(=O)(=O)C3CC3)Nc3ccc4c(N(C(=O)OC(C)(C)C)C(=O)OC(C)(C)C)ncc(F)c4c3)c2)cc1. The highest BCUT2D eigenvalue weighted by molar-refractivity contribution is 7.92. The van der Waals surface area contributed by atoms with Gasteiger partial charge in [0.25, 0.3) is 0 Å². The number of rotatable bonds is 16. The van der Waals surface area contributed by atoms with E-state index in [0.717, 1.165) is 42.6 Å². The molecule has 6 rings (SSSR count). The van der Waals surface area contributed by atoms with Gasteiger partial charge in [-0.15, -0.1) is 0 Å². The van der Waals surface area contributed by atoms with Crippen molar-refractivity contribution < 1.29 is 36.6 Å². The van der Waals surface area contributed by atoms with Gasteiger partial charge in [-0.2, -0.15) is 4.90 Å². The Morgan fingerprint density at radius 3 is 2.14 bits per heavy atom. The fourth-order valence-corrected chi connectivity index (χ4v) is 9.25. The van der Waals surface area contributed by atoms with Gasteiger partial charge in [0.2, 0.25) is 0 Å². The molecule has 1 aliphatic rings. The quantitative estimate of drug-likeness (QED) is 0.0906. The fraction of sp³-hybridized carbons (Fsp3) is 0.408. The first-order chi connectivity index (χ1) is 30.1. The Morgan fingerprint density at radius 2 is 1.52 bits per heavy atom. The van der Waals surface area contributed by atoms with Crippen LogP contribution in [0.3, 0.4) is 0 Å². The Balaban J connectivity index is 1.32. The van der Waals surface area contributed by atoms with Gasteiger partial charge in [-0.3, -0.25) is 4.90 Å². The second-order valence-electron chi connectivity index (χ2n) is 18.6. The minimum atomic E-state index is -3.50. The zero-order valence-corrected chi connectivity index (χ0v) is 39.1. The molecule has 1 unspecified atom stereocenters. The third kappa shape index (κ3) is 12.5. The molecule has 1 aliphatic carbocycles. The van der Waals surface area contributed by atoms with E-state index in [0.29, 0.717) is 52.7 Å². The maximum Gasteiger partial charge on any atom is 0.425 e. The number of aromatic nitrogens is 1. The summed E-state index contributed by atoms with van der Waals surface area (Å²) in [6.07, 6.45) is 0.983. The van der Waals surface area contributed by atoms with Crippen LogP contribution in [0.1, 0.15) is 82.7 Å². The number of carbonyl (C=O) groups is 2. The average Bonchev–Trinajstić information content (AvgIpc) is 4.07. The molecule has 3 N–H and O–H groups in total. The van der Waals surface area contributed by atoms with Crippen molar-refractivity contribution in [3.05, 3.63) is 119 Å². The van der Waals surface area contributed by atoms with Crippen LogP contribution in [0.5, 0.6) is 5.75 Å². The number of hydrogen-bond donors (Lipinski definition) is 2. The van der Waals surface area contributed by atoms with Crippen molar-refractivity contribution in [1.29, 1.82) is 0 Å². The van der Waals surface area contributed by atoms with Crippen LogP contribution in [0.15, 0.2) is 96.0 Å². The van der Waals surface area contributed by atoms with Gasteiger partial charge in [0.15, 0.2) is 15.7 Å². The molecule has 5 aromatic rings. The number of ether oxygens (including phenoxy) is 3. The van der Waals surface area contributed by atoms with Gasteiger partial charge in [0.1, 0.15) is 22.8 Å². The summed E-state index contributed by atoms with van der Waals surface area (Å²) < 4.78 is 59.3. The molecule has 0 spiro atoms. The van der Waals surface area contributed by atoms with Gasteiger partial charge in [0, 0.05) is 48.3 Å². The summed E-state index contributed by atoms with van der Waals surface area (Å²) in [7, 11) is 2.15. The van der Waals surface area contributed by atoms with E-state index >= 15 is 4.39 Å². The molecule has 15 heteroatoms. The van der Waals surface area contributed by atoms with Gasteiger partial charge in [-0.05, 0) is 146 Å². The molecule has 1 fully saturated rings. The summed E-state index contributed by atoms with van der Waals surface area (Å²) in [5.74, 6) is -0.00465. The van der Waals surface area contributed by atoms with E-state index in [2.05, 4.69) is 46.5 Å². The topological polar surface area (TPSA) is 157 Å². The molecular weight excluding hydrogens is 836 g/mol. The molecule has 2 amide bonds. The molecule has 64 heavy (non-hydrogen) atoms. The van der Waals surface area contributed by atoms with Gasteiger partial charge in [0.05, 0.1) is 29.5 Å². The zero-order chi connectivity index (χ0) is 46.6. The monoisotopic (exact) mass is 896 g/mol. The number of nitrogens with zero attached hydrogens (tertiary/aromatic N) is 4. The molecule has 1 aromatic heterocycles. The summed E-state index contributed by atoms with van der Waals surface area (Å²) in [5, 5.41) is 3.52. The van der Waals surface area contributed by atoms with E-state index in [1.165, 1.54) is 5.56 Å². The number of nitrogens with two attached hydrogens (primary N) is 1. The van der Waals surface area contributed by atoms with Crippen LogP contribution < -0.4 is 20.7 Å². The van der Waals surface area contributed by atoms with Crippen LogP contribution in [0.2, 0.25) is 0 Å². The first kappa shape index (κ1) is 47.7. The molecule has 4 aromatic carbocycles. The molecule has 0 bridgehead atoms. The highest BCUT2D eigenvalue weighted by Gasteiger charge is 2.38. The van der Waals surface area contributed by atoms with Crippen molar-refractivity contribution in [1.82, 2.24) is 14.8 Å². The summed E-state index contributed by atoms with van der Waals surface area (Å²) in [6, 6.07) is 25.9. The van der Waals surface area contributed by atoms with E-state index in [-0.39, 0.29) is 27.9 Å². The van der Waals surface area contributed by atoms with Crippen LogP contribution in [0, 0.1) is 5.82 Å². The Hall–Kier alpha value is -5.77. The van der Waals surface area contributed by atoms with E-state index in [9.17, 15) is 18.0 Å². The molecule has 0 radical (unpaired) electrons. The molecule has 0 aliphatic heterocycles. The largest absolute Gasteiger partial charge is 0.497 e. The molecule has 1 heterocycles. The van der Waals surface area contributed by atoms with Gasteiger partial charge in [-0.25, -0.2) is 27.4 Å². The van der Waals surface area contributed by atoms with Crippen molar-refractivity contribution in [3.63, 3.8) is 0 Å². The lowest BCUT2D eigenvalue weighted by atomic mass is 10.0. The smallest absolute Gasteiger partial charge is 0.425 e. The lowest BCUT2D eigenvalue weighted by Crippen LogP contribution is -2.44. The minimum Gasteiger partial charge on any atom is -0.497 e. The lowest BCUT2D eigenvalue weighted by Gasteiger charge is -2.29. The van der Waals surface area contributed by atoms with Crippen molar-refractivity contribution in [2.24, 2.45) is 0 Å². The number of amides is 2. The number of nitrogen functional groups attached to an aromatic ring is 1. The van der Waals surface area contributed by atoms with Crippen molar-refractivity contribution in [3.8, 4) is 5.75 Å². The fourth-order valence-electron chi connectivity index (χ4n) is 7.39. The predicted octanol–water partition coefficient (Wildman–Crippen LogP) is 9.54. The third-order valence-corrected chi connectivity index (χ3v) is 12.9. The number of methoxy groups -OCH3 is 1. The van der Waals surface area contributed by atoms with E-state index in [1.807, 2.05) is 36.2 Å². The summed E-state index contributed by atoms with van der Waals surface area (Å²) in [5.41, 5.74) is 9.17. The number of fused-ring (bicyclic) bond motifs is 1. The molecule has 1 atom stereocenters. The van der Waals surface area contributed by atoms with Crippen LogP contribution in [-0.4, -0.2) is 86.1 Å². The summed E-state index contributed by atoms with van der Waals surface area (Å²) in [4.78, 5) is 36.6. The highest BCUT2D eigenvalue weighted by atomic mass is 32.2. The van der Waals surface area contributed by atoms with Crippen molar-refractivity contribution in [2.45, 2.75) is 101 Å².